The molecule has 19 heavy (non-hydrogen) atoms. The quantitative estimate of drug-likeness (QED) is 0.882. The van der Waals surface area contributed by atoms with Crippen LogP contribution in [0.15, 0.2) is 42.5 Å². The Labute approximate surface area is 119 Å². The van der Waals surface area contributed by atoms with E-state index in [4.69, 9.17) is 17.3 Å². The van der Waals surface area contributed by atoms with Crippen molar-refractivity contribution in [1.29, 1.82) is 0 Å². The average Bonchev–Trinajstić information content (AvgIpc) is 2.40. The lowest BCUT2D eigenvalue weighted by Gasteiger charge is -2.19. The predicted octanol–water partition coefficient (Wildman–Crippen LogP) is 4.07. The van der Waals surface area contributed by atoms with Crippen LogP contribution in [-0.2, 0) is 0 Å². The molecule has 2 rings (SSSR count). The molecule has 0 spiro atoms. The van der Waals surface area contributed by atoms with Crippen molar-refractivity contribution in [3.63, 3.8) is 0 Å². The maximum Gasteiger partial charge on any atom is 0.0636 e. The fourth-order valence-corrected chi connectivity index (χ4v) is 2.23. The summed E-state index contributed by atoms with van der Waals surface area (Å²) in [5.74, 6) is 0. The highest BCUT2D eigenvalue weighted by molar-refractivity contribution is 6.30. The third kappa shape index (κ3) is 3.49. The highest BCUT2D eigenvalue weighted by Gasteiger charge is 2.10. The van der Waals surface area contributed by atoms with Gasteiger partial charge in [0.2, 0.25) is 0 Å². The van der Waals surface area contributed by atoms with E-state index in [2.05, 4.69) is 37.4 Å². The molecule has 0 amide bonds. The predicted molar refractivity (Wildman–Crippen MR) is 82.8 cm³/mol. The van der Waals surface area contributed by atoms with Crippen molar-refractivity contribution in [3.8, 4) is 0 Å². The molecule has 0 radical (unpaired) electrons. The number of benzene rings is 2. The van der Waals surface area contributed by atoms with Crippen molar-refractivity contribution in [3.05, 3.63) is 64.2 Å². The molecule has 2 nitrogen and oxygen atoms in total. The number of anilines is 1. The highest BCUT2D eigenvalue weighted by atomic mass is 35.5. The van der Waals surface area contributed by atoms with Gasteiger partial charge in [-0.05, 0) is 54.8 Å². The van der Waals surface area contributed by atoms with Gasteiger partial charge in [0.15, 0.2) is 0 Å². The molecule has 100 valence electrons. The normalized spacial score (nSPS) is 12.2. The van der Waals surface area contributed by atoms with Crippen molar-refractivity contribution in [2.45, 2.75) is 19.9 Å². The van der Waals surface area contributed by atoms with Crippen LogP contribution in [0.3, 0.4) is 0 Å². The molecular formula is C16H19ClN2. The molecule has 3 heteroatoms. The lowest BCUT2D eigenvalue weighted by molar-refractivity contribution is 0.790. The number of nitrogens with one attached hydrogen (secondary N) is 1. The van der Waals surface area contributed by atoms with Crippen LogP contribution < -0.4 is 11.1 Å². The van der Waals surface area contributed by atoms with Crippen molar-refractivity contribution >= 4 is 17.3 Å². The molecular weight excluding hydrogens is 256 g/mol. The molecule has 0 aliphatic heterocycles. The lowest BCUT2D eigenvalue weighted by Crippen LogP contribution is -2.20. The SMILES string of the molecule is Cc1ccc(NC(CN)c2cccc(Cl)c2)cc1C. The minimum atomic E-state index is 0.0702. The van der Waals surface area contributed by atoms with Crippen LogP contribution >= 0.6 is 11.6 Å². The molecule has 1 atom stereocenters. The largest absolute Gasteiger partial charge is 0.377 e. The number of hydrogen-bond donors (Lipinski definition) is 2. The van der Waals surface area contributed by atoms with Crippen LogP contribution in [0.25, 0.3) is 0 Å². The van der Waals surface area contributed by atoms with E-state index in [1.54, 1.807) is 0 Å². The average molecular weight is 275 g/mol. The van der Waals surface area contributed by atoms with Crippen LogP contribution in [0.5, 0.6) is 0 Å². The number of hydrogen-bond acceptors (Lipinski definition) is 2. The van der Waals surface area contributed by atoms with Gasteiger partial charge in [-0.25, -0.2) is 0 Å². The van der Waals surface area contributed by atoms with Gasteiger partial charge < -0.3 is 11.1 Å². The second kappa shape index (κ2) is 6.09. The van der Waals surface area contributed by atoms with E-state index >= 15 is 0 Å². The Hall–Kier alpha value is -1.51. The number of nitrogens with two attached hydrogens (primary N) is 1. The summed E-state index contributed by atoms with van der Waals surface area (Å²) in [4.78, 5) is 0. The summed E-state index contributed by atoms with van der Waals surface area (Å²) in [6.45, 7) is 4.74. The zero-order chi connectivity index (χ0) is 13.8. The summed E-state index contributed by atoms with van der Waals surface area (Å²) in [6.07, 6.45) is 0. The van der Waals surface area contributed by atoms with Crippen molar-refractivity contribution < 1.29 is 0 Å². The molecule has 0 aromatic heterocycles. The molecule has 1 unspecified atom stereocenters. The first-order valence-corrected chi connectivity index (χ1v) is 6.77. The van der Waals surface area contributed by atoms with Gasteiger partial charge in [-0.15, -0.1) is 0 Å². The van der Waals surface area contributed by atoms with Gasteiger partial charge in [0.25, 0.3) is 0 Å². The Kier molecular flexibility index (Phi) is 4.46. The first-order chi connectivity index (χ1) is 9.10. The van der Waals surface area contributed by atoms with E-state index in [-0.39, 0.29) is 6.04 Å². The smallest absolute Gasteiger partial charge is 0.0636 e. The first kappa shape index (κ1) is 13.9. The van der Waals surface area contributed by atoms with Crippen molar-refractivity contribution in [2.75, 3.05) is 11.9 Å². The zero-order valence-corrected chi connectivity index (χ0v) is 12.0. The fourth-order valence-electron chi connectivity index (χ4n) is 2.03. The summed E-state index contributed by atoms with van der Waals surface area (Å²) in [6, 6.07) is 14.2. The summed E-state index contributed by atoms with van der Waals surface area (Å²) in [7, 11) is 0. The van der Waals surface area contributed by atoms with E-state index in [0.29, 0.717) is 6.54 Å². The van der Waals surface area contributed by atoms with E-state index in [1.165, 1.54) is 11.1 Å². The summed E-state index contributed by atoms with van der Waals surface area (Å²) in [5, 5.41) is 4.19. The maximum absolute atomic E-state index is 6.03. The summed E-state index contributed by atoms with van der Waals surface area (Å²) in [5.41, 5.74) is 10.6. The van der Waals surface area contributed by atoms with Gasteiger partial charge in [0, 0.05) is 17.3 Å². The van der Waals surface area contributed by atoms with Gasteiger partial charge in [-0.2, -0.15) is 0 Å². The van der Waals surface area contributed by atoms with Gasteiger partial charge in [-0.1, -0.05) is 29.8 Å². The molecule has 0 bridgehead atoms. The molecule has 2 aromatic rings. The van der Waals surface area contributed by atoms with Crippen LogP contribution in [0, 0.1) is 13.8 Å². The molecule has 0 heterocycles. The monoisotopic (exact) mass is 274 g/mol. The van der Waals surface area contributed by atoms with Gasteiger partial charge >= 0.3 is 0 Å². The van der Waals surface area contributed by atoms with Gasteiger partial charge in [-0.3, -0.25) is 0 Å². The Bertz CT molecular complexity index is 566. The first-order valence-electron chi connectivity index (χ1n) is 6.39. The second-order valence-electron chi connectivity index (χ2n) is 4.79. The van der Waals surface area contributed by atoms with Crippen molar-refractivity contribution in [1.82, 2.24) is 0 Å². The summed E-state index contributed by atoms with van der Waals surface area (Å²) < 4.78 is 0. The number of rotatable bonds is 4. The number of halogens is 1. The molecule has 0 saturated carbocycles. The zero-order valence-electron chi connectivity index (χ0n) is 11.3. The topological polar surface area (TPSA) is 38.0 Å². The Morgan fingerprint density at radius 1 is 1.11 bits per heavy atom. The third-order valence-corrected chi connectivity index (χ3v) is 3.57. The lowest BCUT2D eigenvalue weighted by atomic mass is 10.1. The van der Waals surface area contributed by atoms with Crippen LogP contribution in [0.2, 0.25) is 5.02 Å². The molecule has 0 fully saturated rings. The Balaban J connectivity index is 2.21. The van der Waals surface area contributed by atoms with E-state index < -0.39 is 0 Å². The fraction of sp³-hybridized carbons (Fsp3) is 0.250. The standard InChI is InChI=1S/C16H19ClN2/c1-11-6-7-15(8-12(11)2)19-16(10-18)13-4-3-5-14(17)9-13/h3-9,16,19H,10,18H2,1-2H3. The Morgan fingerprint density at radius 3 is 2.53 bits per heavy atom. The molecule has 0 saturated heterocycles. The van der Waals surface area contributed by atoms with Crippen LogP contribution in [-0.4, -0.2) is 6.54 Å². The maximum atomic E-state index is 6.03. The van der Waals surface area contributed by atoms with Crippen LogP contribution in [0.4, 0.5) is 5.69 Å². The molecule has 0 aliphatic rings. The highest BCUT2D eigenvalue weighted by Crippen LogP contribution is 2.23. The second-order valence-corrected chi connectivity index (χ2v) is 5.22. The minimum Gasteiger partial charge on any atom is -0.377 e. The van der Waals surface area contributed by atoms with Gasteiger partial charge in [0.05, 0.1) is 6.04 Å². The van der Waals surface area contributed by atoms with Crippen LogP contribution in [0.1, 0.15) is 22.7 Å². The molecule has 2 aromatic carbocycles. The van der Waals surface area contributed by atoms with E-state index in [9.17, 15) is 0 Å². The summed E-state index contributed by atoms with van der Waals surface area (Å²) >= 11 is 6.03. The molecule has 0 aliphatic carbocycles. The molecule has 3 N–H and O–H groups in total. The Morgan fingerprint density at radius 2 is 1.89 bits per heavy atom. The van der Waals surface area contributed by atoms with Crippen molar-refractivity contribution in [2.24, 2.45) is 5.73 Å². The minimum absolute atomic E-state index is 0.0702. The van der Waals surface area contributed by atoms with Gasteiger partial charge in [0.1, 0.15) is 0 Å². The number of aryl methyl sites for hydroxylation is 2. The third-order valence-electron chi connectivity index (χ3n) is 3.33. The van der Waals surface area contributed by atoms with E-state index in [0.717, 1.165) is 16.3 Å². The van der Waals surface area contributed by atoms with E-state index in [1.807, 2.05) is 24.3 Å².